The Balaban J connectivity index is 2.03. The third-order valence-corrected chi connectivity index (χ3v) is 5.64. The summed E-state index contributed by atoms with van der Waals surface area (Å²) in [5, 5.41) is 8.90. The molecular weight excluding hydrogens is 351 g/mol. The molecular formula is C20H15FN2O2S. The van der Waals surface area contributed by atoms with Gasteiger partial charge in [-0.25, -0.2) is 12.8 Å². The van der Waals surface area contributed by atoms with Gasteiger partial charge in [-0.1, -0.05) is 30.3 Å². The van der Waals surface area contributed by atoms with E-state index in [2.05, 4.69) is 0 Å². The van der Waals surface area contributed by atoms with Crippen LogP contribution in [0.4, 0.5) is 10.1 Å². The van der Waals surface area contributed by atoms with Crippen LogP contribution < -0.4 is 4.31 Å². The molecule has 0 unspecified atom stereocenters. The summed E-state index contributed by atoms with van der Waals surface area (Å²) < 4.78 is 40.7. The average Bonchev–Trinajstić information content (AvgIpc) is 2.67. The lowest BCUT2D eigenvalue weighted by molar-refractivity contribution is 0.589. The fourth-order valence-corrected chi connectivity index (χ4v) is 3.95. The first kappa shape index (κ1) is 17.6. The summed E-state index contributed by atoms with van der Waals surface area (Å²) in [5.41, 5.74) is 1.74. The second kappa shape index (κ2) is 7.38. The van der Waals surface area contributed by atoms with Crippen molar-refractivity contribution in [3.63, 3.8) is 0 Å². The maximum absolute atomic E-state index is 13.2. The van der Waals surface area contributed by atoms with Gasteiger partial charge in [0.2, 0.25) is 0 Å². The van der Waals surface area contributed by atoms with Crippen LogP contribution in [0, 0.1) is 17.1 Å². The van der Waals surface area contributed by atoms with Crippen LogP contribution in [0.2, 0.25) is 0 Å². The van der Waals surface area contributed by atoms with Crippen molar-refractivity contribution < 1.29 is 12.8 Å². The van der Waals surface area contributed by atoms with Gasteiger partial charge < -0.3 is 0 Å². The summed E-state index contributed by atoms with van der Waals surface area (Å²) in [6, 6.07) is 22.2. The zero-order chi connectivity index (χ0) is 18.6. The van der Waals surface area contributed by atoms with Crippen molar-refractivity contribution in [2.24, 2.45) is 0 Å². The highest BCUT2D eigenvalue weighted by Gasteiger charge is 2.25. The number of nitrogens with zero attached hydrogens (tertiary/aromatic N) is 2. The first-order valence-electron chi connectivity index (χ1n) is 7.83. The fourth-order valence-electron chi connectivity index (χ4n) is 2.49. The van der Waals surface area contributed by atoms with Crippen molar-refractivity contribution in [1.29, 1.82) is 5.26 Å². The number of nitriles is 1. The summed E-state index contributed by atoms with van der Waals surface area (Å²) in [5.74, 6) is -0.498. The Morgan fingerprint density at radius 2 is 1.50 bits per heavy atom. The van der Waals surface area contributed by atoms with Crippen LogP contribution in [0.15, 0.2) is 83.8 Å². The smallest absolute Gasteiger partial charge is 0.262 e. The lowest BCUT2D eigenvalue weighted by atomic mass is 10.1. The molecule has 4 nitrogen and oxygen atoms in total. The summed E-state index contributed by atoms with van der Waals surface area (Å²) in [6.07, 6.45) is 0. The highest BCUT2D eigenvalue weighted by atomic mass is 32.2. The van der Waals surface area contributed by atoms with E-state index in [1.807, 2.05) is 6.07 Å². The van der Waals surface area contributed by atoms with E-state index < -0.39 is 15.8 Å². The van der Waals surface area contributed by atoms with Crippen LogP contribution in [-0.4, -0.2) is 8.42 Å². The number of hydrogen-bond donors (Lipinski definition) is 0. The van der Waals surface area contributed by atoms with Gasteiger partial charge in [0.15, 0.2) is 0 Å². The van der Waals surface area contributed by atoms with Gasteiger partial charge in [-0.15, -0.1) is 0 Å². The van der Waals surface area contributed by atoms with Crippen molar-refractivity contribution in [2.45, 2.75) is 11.4 Å². The number of benzene rings is 3. The molecule has 3 rings (SSSR count). The van der Waals surface area contributed by atoms with E-state index in [0.717, 1.165) is 17.7 Å². The molecule has 0 saturated heterocycles. The quantitative estimate of drug-likeness (QED) is 0.683. The zero-order valence-electron chi connectivity index (χ0n) is 13.7. The van der Waals surface area contributed by atoms with Crippen molar-refractivity contribution in [3.05, 3.63) is 95.8 Å². The molecule has 0 amide bonds. The van der Waals surface area contributed by atoms with Gasteiger partial charge in [0, 0.05) is 0 Å². The molecule has 26 heavy (non-hydrogen) atoms. The Labute approximate surface area is 151 Å². The molecule has 0 saturated carbocycles. The summed E-state index contributed by atoms with van der Waals surface area (Å²) in [7, 11) is -3.88. The lowest BCUT2D eigenvalue weighted by Gasteiger charge is -2.24. The number of para-hydroxylation sites is 1. The van der Waals surface area contributed by atoms with Crippen LogP contribution in [0.3, 0.4) is 0 Å². The predicted molar refractivity (Wildman–Crippen MR) is 97.4 cm³/mol. The third-order valence-electron chi connectivity index (χ3n) is 3.86. The molecule has 0 fully saturated rings. The van der Waals surface area contributed by atoms with Crippen molar-refractivity contribution in [1.82, 2.24) is 0 Å². The van der Waals surface area contributed by atoms with E-state index in [0.29, 0.717) is 11.3 Å². The molecule has 0 radical (unpaired) electrons. The second-order valence-corrected chi connectivity index (χ2v) is 7.47. The van der Waals surface area contributed by atoms with E-state index in [4.69, 9.17) is 5.26 Å². The number of sulfonamides is 1. The van der Waals surface area contributed by atoms with E-state index in [1.54, 1.807) is 54.6 Å². The summed E-state index contributed by atoms with van der Waals surface area (Å²) >= 11 is 0. The molecule has 6 heteroatoms. The monoisotopic (exact) mass is 366 g/mol. The van der Waals surface area contributed by atoms with Crippen molar-refractivity contribution >= 4 is 15.7 Å². The molecule has 130 valence electrons. The molecule has 3 aromatic rings. The van der Waals surface area contributed by atoms with Crippen LogP contribution in [-0.2, 0) is 16.6 Å². The highest BCUT2D eigenvalue weighted by molar-refractivity contribution is 7.92. The SMILES string of the molecule is N#Cc1ccc(CN(c2ccccc2)S(=O)(=O)c2ccc(F)cc2)cc1. The highest BCUT2D eigenvalue weighted by Crippen LogP contribution is 2.26. The zero-order valence-corrected chi connectivity index (χ0v) is 14.5. The third kappa shape index (κ3) is 3.73. The molecule has 0 N–H and O–H groups in total. The first-order chi connectivity index (χ1) is 12.5. The number of hydrogen-bond acceptors (Lipinski definition) is 3. The summed E-state index contributed by atoms with van der Waals surface area (Å²) in [6.45, 7) is 0.0927. The van der Waals surface area contributed by atoms with Gasteiger partial charge in [0.05, 0.1) is 28.8 Å². The normalized spacial score (nSPS) is 10.9. The Morgan fingerprint density at radius 3 is 2.08 bits per heavy atom. The Hall–Kier alpha value is -3.17. The summed E-state index contributed by atoms with van der Waals surface area (Å²) in [4.78, 5) is 0.0106. The number of halogens is 1. The molecule has 0 aliphatic carbocycles. The largest absolute Gasteiger partial charge is 0.264 e. The standard InChI is InChI=1S/C20H15FN2O2S/c21-18-10-12-20(13-11-18)26(24,25)23(19-4-2-1-3-5-19)15-17-8-6-16(14-22)7-9-17/h1-13H,15H2. The predicted octanol–water partition coefficient (Wildman–Crippen LogP) is 4.09. The minimum atomic E-state index is -3.88. The molecule has 0 heterocycles. The second-order valence-electron chi connectivity index (χ2n) is 5.61. The van der Waals surface area contributed by atoms with E-state index in [9.17, 15) is 12.8 Å². The Kier molecular flexibility index (Phi) is 5.01. The molecule has 0 aliphatic heterocycles. The van der Waals surface area contributed by atoms with E-state index in [1.165, 1.54) is 16.4 Å². The molecule has 0 spiro atoms. The Morgan fingerprint density at radius 1 is 0.885 bits per heavy atom. The number of rotatable bonds is 5. The van der Waals surface area contributed by atoms with Crippen LogP contribution in [0.1, 0.15) is 11.1 Å². The van der Waals surface area contributed by atoms with Crippen LogP contribution in [0.25, 0.3) is 0 Å². The molecule has 0 atom stereocenters. The minimum Gasteiger partial charge on any atom is -0.262 e. The van der Waals surface area contributed by atoms with Gasteiger partial charge in [0.25, 0.3) is 10.0 Å². The van der Waals surface area contributed by atoms with Crippen LogP contribution >= 0.6 is 0 Å². The average molecular weight is 366 g/mol. The molecule has 3 aromatic carbocycles. The minimum absolute atomic E-state index is 0.0106. The van der Waals surface area contributed by atoms with Gasteiger partial charge in [-0.3, -0.25) is 4.31 Å². The van der Waals surface area contributed by atoms with Crippen molar-refractivity contribution in [2.75, 3.05) is 4.31 Å². The molecule has 0 aromatic heterocycles. The Bertz CT molecular complexity index is 1030. The lowest BCUT2D eigenvalue weighted by Crippen LogP contribution is -2.30. The van der Waals surface area contributed by atoms with Gasteiger partial charge in [-0.2, -0.15) is 5.26 Å². The van der Waals surface area contributed by atoms with Gasteiger partial charge in [-0.05, 0) is 54.1 Å². The topological polar surface area (TPSA) is 61.2 Å². The first-order valence-corrected chi connectivity index (χ1v) is 9.27. The van der Waals surface area contributed by atoms with Gasteiger partial charge in [0.1, 0.15) is 5.82 Å². The maximum atomic E-state index is 13.2. The molecule has 0 bridgehead atoms. The van der Waals surface area contributed by atoms with Crippen molar-refractivity contribution in [3.8, 4) is 6.07 Å². The van der Waals surface area contributed by atoms with E-state index in [-0.39, 0.29) is 11.4 Å². The van der Waals surface area contributed by atoms with Gasteiger partial charge >= 0.3 is 0 Å². The fraction of sp³-hybridized carbons (Fsp3) is 0.0500. The van der Waals surface area contributed by atoms with E-state index >= 15 is 0 Å². The maximum Gasteiger partial charge on any atom is 0.264 e. The molecule has 0 aliphatic rings. The van der Waals surface area contributed by atoms with Crippen LogP contribution in [0.5, 0.6) is 0 Å². The number of anilines is 1.